The van der Waals surface area contributed by atoms with Crippen molar-refractivity contribution in [2.75, 3.05) is 13.7 Å². The zero-order valence-electron chi connectivity index (χ0n) is 12.5. The van der Waals surface area contributed by atoms with E-state index in [4.69, 9.17) is 10.5 Å². The second kappa shape index (κ2) is 7.09. The highest BCUT2D eigenvalue weighted by Crippen LogP contribution is 2.31. The van der Waals surface area contributed by atoms with E-state index in [2.05, 4.69) is 0 Å². The van der Waals surface area contributed by atoms with Gasteiger partial charge in [0.15, 0.2) is 0 Å². The number of aromatic nitrogens is 1. The number of hydrogen-bond donors (Lipinski definition) is 2. The molecule has 0 bridgehead atoms. The minimum atomic E-state index is -0.898. The minimum Gasteiger partial charge on any atom is -0.481 e. The molecule has 6 heteroatoms. The molecule has 0 aliphatic carbocycles. The van der Waals surface area contributed by atoms with Gasteiger partial charge in [-0.05, 0) is 31.0 Å². The number of carbonyl (C=O) groups is 2. The van der Waals surface area contributed by atoms with Crippen LogP contribution < -0.4 is 5.73 Å². The summed E-state index contributed by atoms with van der Waals surface area (Å²) in [6, 6.07) is 7.22. The van der Waals surface area contributed by atoms with Crippen molar-refractivity contribution in [2.24, 2.45) is 5.73 Å². The molecule has 0 spiro atoms. The molecule has 0 radical (unpaired) electrons. The molecule has 1 unspecified atom stereocenters. The lowest BCUT2D eigenvalue weighted by Crippen LogP contribution is -2.13. The van der Waals surface area contributed by atoms with Gasteiger partial charge in [0.05, 0.1) is 18.5 Å². The third-order valence-electron chi connectivity index (χ3n) is 3.73. The van der Waals surface area contributed by atoms with Gasteiger partial charge in [0.1, 0.15) is 0 Å². The van der Waals surface area contributed by atoms with Crippen LogP contribution >= 0.6 is 0 Å². The Morgan fingerprint density at radius 2 is 2.05 bits per heavy atom. The lowest BCUT2D eigenvalue weighted by atomic mass is 9.93. The smallest absolute Gasteiger partial charge is 0.418 e. The molecule has 118 valence electrons. The van der Waals surface area contributed by atoms with Crippen molar-refractivity contribution >= 4 is 23.0 Å². The van der Waals surface area contributed by atoms with E-state index < -0.39 is 18.0 Å². The molecule has 3 N–H and O–H groups in total. The molecule has 1 aromatic carbocycles. The van der Waals surface area contributed by atoms with Gasteiger partial charge in [-0.1, -0.05) is 24.6 Å². The lowest BCUT2D eigenvalue weighted by molar-refractivity contribution is -0.139. The molecule has 22 heavy (non-hydrogen) atoms. The summed E-state index contributed by atoms with van der Waals surface area (Å²) in [5.74, 6) is -1.56. The van der Waals surface area contributed by atoms with Gasteiger partial charge in [-0.15, -0.1) is 0 Å². The number of hydrogen-bond acceptors (Lipinski definition) is 4. The number of unbranched alkanes of at least 4 members (excludes halogenated alkanes) is 1. The Morgan fingerprint density at radius 1 is 1.32 bits per heavy atom. The lowest BCUT2D eigenvalue weighted by Gasteiger charge is -2.11. The first-order valence-corrected chi connectivity index (χ1v) is 7.21. The van der Waals surface area contributed by atoms with Gasteiger partial charge >= 0.3 is 12.1 Å². The zero-order valence-corrected chi connectivity index (χ0v) is 12.5. The number of methoxy groups -OCH3 is 1. The SMILES string of the molecule is COC(=O)n1cc(C(CCCCN)C(=O)O)c2ccccc21. The molecule has 0 saturated heterocycles. The third kappa shape index (κ3) is 3.12. The van der Waals surface area contributed by atoms with Crippen LogP contribution in [0.4, 0.5) is 4.79 Å². The Kier molecular flexibility index (Phi) is 5.16. The van der Waals surface area contributed by atoms with Crippen molar-refractivity contribution in [2.45, 2.75) is 25.2 Å². The van der Waals surface area contributed by atoms with Crippen LogP contribution in [0.2, 0.25) is 0 Å². The van der Waals surface area contributed by atoms with Gasteiger partial charge in [0, 0.05) is 11.6 Å². The fourth-order valence-corrected chi connectivity index (χ4v) is 2.64. The molecule has 2 aromatic rings. The zero-order chi connectivity index (χ0) is 16.1. The molecule has 0 amide bonds. The van der Waals surface area contributed by atoms with E-state index in [9.17, 15) is 14.7 Å². The number of ether oxygens (including phenoxy) is 1. The van der Waals surface area contributed by atoms with Crippen molar-refractivity contribution in [3.63, 3.8) is 0 Å². The number of rotatable bonds is 6. The van der Waals surface area contributed by atoms with Gasteiger partial charge in [-0.3, -0.25) is 9.36 Å². The van der Waals surface area contributed by atoms with Crippen LogP contribution in [-0.2, 0) is 9.53 Å². The highest BCUT2D eigenvalue weighted by atomic mass is 16.5. The second-order valence-electron chi connectivity index (χ2n) is 5.12. The number of aliphatic carboxylic acids is 1. The van der Waals surface area contributed by atoms with Crippen molar-refractivity contribution in [3.8, 4) is 0 Å². The van der Waals surface area contributed by atoms with Crippen molar-refractivity contribution in [3.05, 3.63) is 36.0 Å². The fraction of sp³-hybridized carbons (Fsp3) is 0.375. The van der Waals surface area contributed by atoms with Gasteiger partial charge in [0.25, 0.3) is 0 Å². The predicted octanol–water partition coefficient (Wildman–Crippen LogP) is 2.55. The molecule has 1 atom stereocenters. The highest BCUT2D eigenvalue weighted by Gasteiger charge is 2.25. The number of carboxylic acids is 1. The number of fused-ring (bicyclic) bond motifs is 1. The standard InChI is InChI=1S/C16H20N2O4/c1-22-16(21)18-10-13(11-6-2-3-8-14(11)18)12(15(19)20)7-4-5-9-17/h2-3,6,8,10,12H,4-5,7,9,17H2,1H3,(H,19,20). The van der Waals surface area contributed by atoms with E-state index in [0.29, 0.717) is 24.0 Å². The van der Waals surface area contributed by atoms with Gasteiger partial charge < -0.3 is 15.6 Å². The maximum Gasteiger partial charge on any atom is 0.418 e. The minimum absolute atomic E-state index is 0.488. The first-order valence-electron chi connectivity index (χ1n) is 7.21. The van der Waals surface area contributed by atoms with Gasteiger partial charge in [-0.25, -0.2) is 4.79 Å². The number of nitrogens with zero attached hydrogens (tertiary/aromatic N) is 1. The monoisotopic (exact) mass is 304 g/mol. The van der Waals surface area contributed by atoms with Gasteiger partial charge in [-0.2, -0.15) is 0 Å². The summed E-state index contributed by atoms with van der Waals surface area (Å²) in [6.45, 7) is 0.538. The number of nitrogens with two attached hydrogens (primary N) is 1. The summed E-state index contributed by atoms with van der Waals surface area (Å²) in [5, 5.41) is 10.3. The average Bonchev–Trinajstić information content (AvgIpc) is 2.90. The topological polar surface area (TPSA) is 94.5 Å². The summed E-state index contributed by atoms with van der Waals surface area (Å²) in [7, 11) is 1.30. The maximum atomic E-state index is 11.9. The fourth-order valence-electron chi connectivity index (χ4n) is 2.64. The molecule has 0 aliphatic rings. The van der Waals surface area contributed by atoms with Crippen molar-refractivity contribution in [1.29, 1.82) is 0 Å². The maximum absolute atomic E-state index is 11.9. The molecule has 0 fully saturated rings. The summed E-state index contributed by atoms with van der Waals surface area (Å²) < 4.78 is 6.11. The first kappa shape index (κ1) is 16.0. The second-order valence-corrected chi connectivity index (χ2v) is 5.12. The van der Waals surface area contributed by atoms with Crippen molar-refractivity contribution < 1.29 is 19.4 Å². The Hall–Kier alpha value is -2.34. The Bertz CT molecular complexity index is 678. The average molecular weight is 304 g/mol. The van der Waals surface area contributed by atoms with E-state index in [1.54, 1.807) is 18.3 Å². The molecule has 2 rings (SSSR count). The van der Waals surface area contributed by atoms with E-state index in [1.807, 2.05) is 12.1 Å². The van der Waals surface area contributed by atoms with E-state index in [-0.39, 0.29) is 0 Å². The van der Waals surface area contributed by atoms with Crippen LogP contribution in [0.1, 0.15) is 30.7 Å². The van der Waals surface area contributed by atoms with E-state index in [0.717, 1.165) is 18.2 Å². The molecule has 1 heterocycles. The highest BCUT2D eigenvalue weighted by molar-refractivity contribution is 5.95. The number of para-hydroxylation sites is 1. The molecule has 1 aromatic heterocycles. The molecule has 0 saturated carbocycles. The number of carbonyl (C=O) groups excluding carboxylic acids is 1. The Labute approximate surface area is 128 Å². The quantitative estimate of drug-likeness (QED) is 0.800. The van der Waals surface area contributed by atoms with E-state index >= 15 is 0 Å². The summed E-state index contributed by atoms with van der Waals surface area (Å²) in [4.78, 5) is 23.5. The Balaban J connectivity index is 2.48. The Morgan fingerprint density at radius 3 is 2.68 bits per heavy atom. The van der Waals surface area contributed by atoms with Gasteiger partial charge in [0.2, 0.25) is 0 Å². The largest absolute Gasteiger partial charge is 0.481 e. The third-order valence-corrected chi connectivity index (χ3v) is 3.73. The van der Waals surface area contributed by atoms with Crippen LogP contribution in [0.25, 0.3) is 10.9 Å². The number of carboxylic acid groups (broad SMARTS) is 1. The van der Waals surface area contributed by atoms with Crippen LogP contribution in [0, 0.1) is 0 Å². The predicted molar refractivity (Wildman–Crippen MR) is 83.0 cm³/mol. The first-order chi connectivity index (χ1) is 10.6. The molecule has 6 nitrogen and oxygen atoms in total. The summed E-state index contributed by atoms with van der Waals surface area (Å²) in [5.41, 5.74) is 6.75. The van der Waals surface area contributed by atoms with Crippen LogP contribution in [0.3, 0.4) is 0 Å². The molecular weight excluding hydrogens is 284 g/mol. The normalized spacial score (nSPS) is 12.3. The van der Waals surface area contributed by atoms with Crippen LogP contribution in [-0.4, -0.2) is 35.4 Å². The summed E-state index contributed by atoms with van der Waals surface area (Å²) in [6.07, 6.45) is 3.03. The number of benzene rings is 1. The van der Waals surface area contributed by atoms with E-state index in [1.165, 1.54) is 11.7 Å². The van der Waals surface area contributed by atoms with Crippen molar-refractivity contribution in [1.82, 2.24) is 4.57 Å². The van der Waals surface area contributed by atoms with Crippen LogP contribution in [0.15, 0.2) is 30.5 Å². The molecular formula is C16H20N2O4. The summed E-state index contributed by atoms with van der Waals surface area (Å²) >= 11 is 0. The molecule has 0 aliphatic heterocycles. The van der Waals surface area contributed by atoms with Crippen LogP contribution in [0.5, 0.6) is 0 Å².